The summed E-state index contributed by atoms with van der Waals surface area (Å²) in [4.78, 5) is 22.8. The normalized spacial score (nSPS) is 22.7. The monoisotopic (exact) mass is 267 g/mol. The van der Waals surface area contributed by atoms with E-state index in [4.69, 9.17) is 16.7 Å². The highest BCUT2D eigenvalue weighted by Crippen LogP contribution is 2.32. The van der Waals surface area contributed by atoms with Gasteiger partial charge in [0, 0.05) is 5.92 Å². The third-order valence-corrected chi connectivity index (χ3v) is 3.61. The number of carboxylic acids is 1. The van der Waals surface area contributed by atoms with E-state index in [0.29, 0.717) is 30.0 Å². The Balaban J connectivity index is 1.98. The molecule has 2 rings (SSSR count). The van der Waals surface area contributed by atoms with Crippen LogP contribution in [-0.4, -0.2) is 17.0 Å². The number of carbonyl (C=O) groups is 2. The van der Waals surface area contributed by atoms with Gasteiger partial charge in [0.2, 0.25) is 5.91 Å². The molecule has 4 nitrogen and oxygen atoms in total. The van der Waals surface area contributed by atoms with Crippen LogP contribution in [-0.2, 0) is 9.59 Å². The van der Waals surface area contributed by atoms with Gasteiger partial charge in [-0.2, -0.15) is 0 Å². The number of nitrogens with one attached hydrogen (secondary N) is 1. The fraction of sp³-hybridized carbons (Fsp3) is 0.385. The number of amides is 1. The minimum absolute atomic E-state index is 0.146. The highest BCUT2D eigenvalue weighted by Gasteiger charge is 2.33. The van der Waals surface area contributed by atoms with Crippen LogP contribution in [0.1, 0.15) is 19.3 Å². The van der Waals surface area contributed by atoms with Crippen LogP contribution in [0.4, 0.5) is 5.69 Å². The van der Waals surface area contributed by atoms with E-state index in [1.165, 1.54) is 0 Å². The zero-order chi connectivity index (χ0) is 13.1. The molecule has 1 aromatic carbocycles. The van der Waals surface area contributed by atoms with E-state index in [9.17, 15) is 9.59 Å². The Morgan fingerprint density at radius 2 is 1.89 bits per heavy atom. The lowest BCUT2D eigenvalue weighted by molar-refractivity contribution is -0.141. The van der Waals surface area contributed by atoms with Crippen molar-refractivity contribution in [2.24, 2.45) is 11.8 Å². The number of carbonyl (C=O) groups excluding carboxylic acids is 1. The predicted octanol–water partition coefficient (Wildman–Crippen LogP) is 2.78. The lowest BCUT2D eigenvalue weighted by atomic mass is 10.0. The Labute approximate surface area is 110 Å². The first kappa shape index (κ1) is 12.9. The molecule has 5 heteroatoms. The molecule has 0 aromatic heterocycles. The van der Waals surface area contributed by atoms with Crippen molar-refractivity contribution < 1.29 is 14.7 Å². The van der Waals surface area contributed by atoms with E-state index in [1.54, 1.807) is 24.3 Å². The first-order valence-corrected chi connectivity index (χ1v) is 6.24. The molecule has 2 N–H and O–H groups in total. The van der Waals surface area contributed by atoms with Crippen molar-refractivity contribution in [1.82, 2.24) is 0 Å². The summed E-state index contributed by atoms with van der Waals surface area (Å²) in [6.45, 7) is 0. The Kier molecular flexibility index (Phi) is 3.87. The summed E-state index contributed by atoms with van der Waals surface area (Å²) in [7, 11) is 0. The average Bonchev–Trinajstić information content (AvgIpc) is 2.81. The first-order valence-electron chi connectivity index (χ1n) is 5.86. The van der Waals surface area contributed by atoms with E-state index < -0.39 is 11.9 Å². The van der Waals surface area contributed by atoms with Gasteiger partial charge in [-0.05, 0) is 31.4 Å². The van der Waals surface area contributed by atoms with Crippen LogP contribution in [0.25, 0.3) is 0 Å². The number of anilines is 1. The van der Waals surface area contributed by atoms with Crippen molar-refractivity contribution in [1.29, 1.82) is 0 Å². The summed E-state index contributed by atoms with van der Waals surface area (Å²) < 4.78 is 0. The number of benzene rings is 1. The summed E-state index contributed by atoms with van der Waals surface area (Å²) in [6.07, 6.45) is 1.59. The van der Waals surface area contributed by atoms with Crippen LogP contribution in [0.2, 0.25) is 5.02 Å². The fourth-order valence-electron chi connectivity index (χ4n) is 2.24. The molecule has 1 saturated carbocycles. The second-order valence-corrected chi connectivity index (χ2v) is 4.92. The summed E-state index contributed by atoms with van der Waals surface area (Å²) in [6, 6.07) is 7.00. The summed E-state index contributed by atoms with van der Waals surface area (Å²) >= 11 is 5.95. The molecule has 1 amide bonds. The molecule has 0 aliphatic heterocycles. The number of aliphatic carboxylic acids is 1. The Bertz CT molecular complexity index is 475. The van der Waals surface area contributed by atoms with Gasteiger partial charge in [-0.25, -0.2) is 0 Å². The second kappa shape index (κ2) is 5.40. The topological polar surface area (TPSA) is 66.4 Å². The molecule has 0 spiro atoms. The number of hydrogen-bond donors (Lipinski definition) is 2. The van der Waals surface area contributed by atoms with Gasteiger partial charge in [-0.3, -0.25) is 9.59 Å². The molecule has 1 aliphatic rings. The predicted molar refractivity (Wildman–Crippen MR) is 68.5 cm³/mol. The maximum Gasteiger partial charge on any atom is 0.306 e. The molecular formula is C13H14ClNO3. The summed E-state index contributed by atoms with van der Waals surface area (Å²) in [5.41, 5.74) is 0.572. The molecule has 0 unspecified atom stereocenters. The van der Waals surface area contributed by atoms with E-state index in [0.717, 1.165) is 0 Å². The van der Waals surface area contributed by atoms with Gasteiger partial charge in [0.25, 0.3) is 0 Å². The fourth-order valence-corrected chi connectivity index (χ4v) is 2.42. The summed E-state index contributed by atoms with van der Waals surface area (Å²) in [5.74, 6) is -1.59. The average molecular weight is 268 g/mol. The van der Waals surface area contributed by atoms with Crippen molar-refractivity contribution in [3.63, 3.8) is 0 Å². The molecule has 1 fully saturated rings. The maximum atomic E-state index is 12.0. The molecule has 0 saturated heterocycles. The zero-order valence-corrected chi connectivity index (χ0v) is 10.5. The standard InChI is InChI=1S/C13H14ClNO3/c14-10-3-1-2-4-11(10)15-12(16)8-5-6-9(7-8)13(17)18/h1-4,8-9H,5-7H2,(H,15,16)(H,17,18)/t8-,9+/m0/s1. The van der Waals surface area contributed by atoms with Gasteiger partial charge >= 0.3 is 5.97 Å². The van der Waals surface area contributed by atoms with E-state index in [2.05, 4.69) is 5.32 Å². The van der Waals surface area contributed by atoms with Crippen LogP contribution < -0.4 is 5.32 Å². The molecule has 0 heterocycles. The van der Waals surface area contributed by atoms with Crippen LogP contribution in [0.15, 0.2) is 24.3 Å². The largest absolute Gasteiger partial charge is 0.481 e. The quantitative estimate of drug-likeness (QED) is 0.885. The third kappa shape index (κ3) is 2.82. The van der Waals surface area contributed by atoms with Crippen molar-refractivity contribution >= 4 is 29.2 Å². The lowest BCUT2D eigenvalue weighted by Gasteiger charge is -2.11. The van der Waals surface area contributed by atoms with Gasteiger partial charge in [0.1, 0.15) is 0 Å². The van der Waals surface area contributed by atoms with Gasteiger partial charge in [0.05, 0.1) is 16.6 Å². The molecule has 0 bridgehead atoms. The number of para-hydroxylation sites is 1. The van der Waals surface area contributed by atoms with Crippen LogP contribution in [0, 0.1) is 11.8 Å². The minimum Gasteiger partial charge on any atom is -0.481 e. The van der Waals surface area contributed by atoms with E-state index in [-0.39, 0.29) is 11.8 Å². The Hall–Kier alpha value is -1.55. The maximum absolute atomic E-state index is 12.0. The molecule has 1 aliphatic carbocycles. The SMILES string of the molecule is O=C(O)[C@@H]1CC[C@H](C(=O)Nc2ccccc2Cl)C1. The van der Waals surface area contributed by atoms with Gasteiger partial charge in [-0.15, -0.1) is 0 Å². The van der Waals surface area contributed by atoms with Crippen molar-refractivity contribution in [3.8, 4) is 0 Å². The van der Waals surface area contributed by atoms with Crippen LogP contribution in [0.5, 0.6) is 0 Å². The van der Waals surface area contributed by atoms with E-state index in [1.807, 2.05) is 0 Å². The molecule has 96 valence electrons. The highest BCUT2D eigenvalue weighted by molar-refractivity contribution is 6.33. The smallest absolute Gasteiger partial charge is 0.306 e. The number of rotatable bonds is 3. The zero-order valence-electron chi connectivity index (χ0n) is 9.73. The van der Waals surface area contributed by atoms with Gasteiger partial charge in [-0.1, -0.05) is 23.7 Å². The van der Waals surface area contributed by atoms with Crippen molar-refractivity contribution in [2.75, 3.05) is 5.32 Å². The highest BCUT2D eigenvalue weighted by atomic mass is 35.5. The molecule has 1 aromatic rings. The molecule has 0 radical (unpaired) electrons. The number of carboxylic acid groups (broad SMARTS) is 1. The van der Waals surface area contributed by atoms with Gasteiger partial charge < -0.3 is 10.4 Å². The van der Waals surface area contributed by atoms with Crippen molar-refractivity contribution in [3.05, 3.63) is 29.3 Å². The Morgan fingerprint density at radius 1 is 1.22 bits per heavy atom. The minimum atomic E-state index is -0.817. The number of hydrogen-bond acceptors (Lipinski definition) is 2. The van der Waals surface area contributed by atoms with Crippen LogP contribution >= 0.6 is 11.6 Å². The Morgan fingerprint density at radius 3 is 2.50 bits per heavy atom. The molecule has 18 heavy (non-hydrogen) atoms. The first-order chi connectivity index (χ1) is 8.58. The van der Waals surface area contributed by atoms with Gasteiger partial charge in [0.15, 0.2) is 0 Å². The summed E-state index contributed by atoms with van der Waals surface area (Å²) in [5, 5.41) is 12.1. The molecule has 2 atom stereocenters. The second-order valence-electron chi connectivity index (χ2n) is 4.51. The molecular weight excluding hydrogens is 254 g/mol. The lowest BCUT2D eigenvalue weighted by Crippen LogP contribution is -2.21. The third-order valence-electron chi connectivity index (χ3n) is 3.28. The van der Waals surface area contributed by atoms with E-state index >= 15 is 0 Å². The van der Waals surface area contributed by atoms with Crippen molar-refractivity contribution in [2.45, 2.75) is 19.3 Å². The van der Waals surface area contributed by atoms with Crippen LogP contribution in [0.3, 0.4) is 0 Å². The number of halogens is 1.